The molecule has 0 saturated heterocycles. The van der Waals surface area contributed by atoms with Crippen molar-refractivity contribution in [2.75, 3.05) is 7.11 Å². The highest BCUT2D eigenvalue weighted by atomic mass is 35.5. The summed E-state index contributed by atoms with van der Waals surface area (Å²) < 4.78 is 5.13. The Balaban J connectivity index is 2.17. The van der Waals surface area contributed by atoms with Crippen LogP contribution in [0.15, 0.2) is 18.2 Å². The number of benzene rings is 1. The number of carbonyl (C=O) groups excluding carboxylic acids is 1. The minimum Gasteiger partial charge on any atom is -0.496 e. The van der Waals surface area contributed by atoms with Gasteiger partial charge >= 0.3 is 5.97 Å². The van der Waals surface area contributed by atoms with Crippen LogP contribution in [0.25, 0.3) is 0 Å². The first-order chi connectivity index (χ1) is 9.46. The van der Waals surface area contributed by atoms with Gasteiger partial charge in [-0.1, -0.05) is 11.6 Å². The van der Waals surface area contributed by atoms with E-state index >= 15 is 0 Å². The summed E-state index contributed by atoms with van der Waals surface area (Å²) in [6.07, 6.45) is 2.22. The van der Waals surface area contributed by atoms with Crippen molar-refractivity contribution < 1.29 is 19.4 Å². The fourth-order valence-corrected chi connectivity index (χ4v) is 2.56. The number of hydrogen-bond donors (Lipinski definition) is 2. The van der Waals surface area contributed by atoms with Gasteiger partial charge in [0.15, 0.2) is 0 Å². The van der Waals surface area contributed by atoms with Crippen LogP contribution in [0.4, 0.5) is 0 Å². The lowest BCUT2D eigenvalue weighted by Gasteiger charge is -2.41. The number of methoxy groups -OCH3 is 1. The Morgan fingerprint density at radius 1 is 1.45 bits per heavy atom. The number of aliphatic carboxylic acids is 1. The van der Waals surface area contributed by atoms with Crippen LogP contribution in [-0.2, 0) is 4.79 Å². The molecule has 5 nitrogen and oxygen atoms in total. The molecule has 2 rings (SSSR count). The third-order valence-electron chi connectivity index (χ3n) is 3.59. The van der Waals surface area contributed by atoms with E-state index in [0.29, 0.717) is 29.2 Å². The van der Waals surface area contributed by atoms with Crippen LogP contribution in [0.3, 0.4) is 0 Å². The molecule has 1 saturated carbocycles. The number of carbonyl (C=O) groups is 2. The molecular weight excluding hydrogens is 282 g/mol. The van der Waals surface area contributed by atoms with Gasteiger partial charge in [-0.3, -0.25) is 9.59 Å². The third-order valence-corrected chi connectivity index (χ3v) is 3.82. The zero-order chi connectivity index (χ0) is 14.8. The van der Waals surface area contributed by atoms with E-state index in [4.69, 9.17) is 21.4 Å². The monoisotopic (exact) mass is 297 g/mol. The van der Waals surface area contributed by atoms with E-state index in [0.717, 1.165) is 6.42 Å². The molecule has 0 spiro atoms. The number of halogens is 1. The molecule has 1 aromatic rings. The topological polar surface area (TPSA) is 75.6 Å². The first kappa shape index (κ1) is 14.7. The predicted molar refractivity (Wildman–Crippen MR) is 74.3 cm³/mol. The average Bonchev–Trinajstić information content (AvgIpc) is 2.35. The van der Waals surface area contributed by atoms with Crippen LogP contribution in [-0.4, -0.2) is 29.6 Å². The molecule has 1 aliphatic rings. The summed E-state index contributed by atoms with van der Waals surface area (Å²) in [6, 6.07) is 4.73. The van der Waals surface area contributed by atoms with Gasteiger partial charge in [0.05, 0.1) is 24.6 Å². The Labute approximate surface area is 121 Å². The molecule has 1 aromatic carbocycles. The summed E-state index contributed by atoms with van der Waals surface area (Å²) >= 11 is 5.85. The normalized spacial score (nSPS) is 16.1. The highest BCUT2D eigenvalue weighted by molar-refractivity contribution is 6.30. The summed E-state index contributed by atoms with van der Waals surface area (Å²) in [5, 5.41) is 12.2. The Morgan fingerprint density at radius 3 is 2.65 bits per heavy atom. The van der Waals surface area contributed by atoms with Crippen molar-refractivity contribution in [3.63, 3.8) is 0 Å². The molecule has 0 radical (unpaired) electrons. The second kappa shape index (κ2) is 5.71. The van der Waals surface area contributed by atoms with Crippen molar-refractivity contribution >= 4 is 23.5 Å². The molecule has 108 valence electrons. The molecule has 0 bridgehead atoms. The van der Waals surface area contributed by atoms with Gasteiger partial charge in [0.1, 0.15) is 5.75 Å². The number of rotatable bonds is 5. The van der Waals surface area contributed by atoms with E-state index in [9.17, 15) is 9.59 Å². The maximum absolute atomic E-state index is 12.3. The van der Waals surface area contributed by atoms with Crippen LogP contribution in [0.5, 0.6) is 5.75 Å². The molecule has 1 fully saturated rings. The standard InChI is InChI=1S/C14H16ClNO4/c1-20-11-7-9(15)3-4-10(11)13(19)16-14(5-2-6-14)8-12(17)18/h3-4,7H,2,5-6,8H2,1H3,(H,16,19)(H,17,18). The van der Waals surface area contributed by atoms with Crippen molar-refractivity contribution in [3.05, 3.63) is 28.8 Å². The van der Waals surface area contributed by atoms with E-state index in [-0.39, 0.29) is 12.3 Å². The Morgan fingerprint density at radius 2 is 2.15 bits per heavy atom. The largest absolute Gasteiger partial charge is 0.496 e. The van der Waals surface area contributed by atoms with E-state index in [1.165, 1.54) is 7.11 Å². The van der Waals surface area contributed by atoms with Gasteiger partial charge in [-0.15, -0.1) is 0 Å². The fourth-order valence-electron chi connectivity index (χ4n) is 2.40. The number of nitrogens with one attached hydrogen (secondary N) is 1. The van der Waals surface area contributed by atoms with Crippen molar-refractivity contribution in [3.8, 4) is 5.75 Å². The van der Waals surface area contributed by atoms with Crippen molar-refractivity contribution in [2.45, 2.75) is 31.2 Å². The number of carboxylic acids is 1. The van der Waals surface area contributed by atoms with Gasteiger partial charge in [0.25, 0.3) is 5.91 Å². The number of ether oxygens (including phenoxy) is 1. The first-order valence-corrected chi connectivity index (χ1v) is 6.71. The zero-order valence-corrected chi connectivity index (χ0v) is 11.9. The Kier molecular flexibility index (Phi) is 4.18. The molecule has 6 heteroatoms. The highest BCUT2D eigenvalue weighted by Crippen LogP contribution is 2.35. The zero-order valence-electron chi connectivity index (χ0n) is 11.1. The summed E-state index contributed by atoms with van der Waals surface area (Å²) in [4.78, 5) is 23.2. The van der Waals surface area contributed by atoms with E-state index in [2.05, 4.69) is 5.32 Å². The van der Waals surface area contributed by atoms with Crippen molar-refractivity contribution in [2.24, 2.45) is 0 Å². The highest BCUT2D eigenvalue weighted by Gasteiger charge is 2.40. The fraction of sp³-hybridized carbons (Fsp3) is 0.429. The van der Waals surface area contributed by atoms with E-state index in [1.807, 2.05) is 0 Å². The van der Waals surface area contributed by atoms with Crippen LogP contribution in [0.1, 0.15) is 36.0 Å². The molecule has 1 amide bonds. The van der Waals surface area contributed by atoms with Crippen LogP contribution in [0.2, 0.25) is 5.02 Å². The molecular formula is C14H16ClNO4. The molecule has 2 N–H and O–H groups in total. The average molecular weight is 298 g/mol. The predicted octanol–water partition coefficient (Wildman–Crippen LogP) is 2.48. The van der Waals surface area contributed by atoms with Gasteiger partial charge in [-0.05, 0) is 37.5 Å². The maximum Gasteiger partial charge on any atom is 0.305 e. The quantitative estimate of drug-likeness (QED) is 0.875. The smallest absolute Gasteiger partial charge is 0.305 e. The molecule has 20 heavy (non-hydrogen) atoms. The van der Waals surface area contributed by atoms with Gasteiger partial charge in [0, 0.05) is 5.02 Å². The summed E-state index contributed by atoms with van der Waals surface area (Å²) in [7, 11) is 1.46. The van der Waals surface area contributed by atoms with Gasteiger partial charge in [-0.25, -0.2) is 0 Å². The number of carboxylic acid groups (broad SMARTS) is 1. The maximum atomic E-state index is 12.3. The summed E-state index contributed by atoms with van der Waals surface area (Å²) in [5.74, 6) is -0.868. The first-order valence-electron chi connectivity index (χ1n) is 6.34. The number of hydrogen-bond acceptors (Lipinski definition) is 3. The lowest BCUT2D eigenvalue weighted by molar-refractivity contribution is -0.139. The summed E-state index contributed by atoms with van der Waals surface area (Å²) in [6.45, 7) is 0. The second-order valence-corrected chi connectivity index (χ2v) is 5.44. The SMILES string of the molecule is COc1cc(Cl)ccc1C(=O)NC1(CC(=O)O)CCC1. The number of amides is 1. The van der Waals surface area contributed by atoms with Gasteiger partial charge in [-0.2, -0.15) is 0 Å². The lowest BCUT2D eigenvalue weighted by Crippen LogP contribution is -2.54. The summed E-state index contributed by atoms with van der Waals surface area (Å²) in [5.41, 5.74) is -0.276. The van der Waals surface area contributed by atoms with Crippen LogP contribution in [0, 0.1) is 0 Å². The molecule has 0 aliphatic heterocycles. The minimum atomic E-state index is -0.909. The Hall–Kier alpha value is -1.75. The van der Waals surface area contributed by atoms with Crippen LogP contribution < -0.4 is 10.1 Å². The van der Waals surface area contributed by atoms with E-state index in [1.54, 1.807) is 18.2 Å². The molecule has 0 heterocycles. The minimum absolute atomic E-state index is 0.0609. The van der Waals surface area contributed by atoms with E-state index < -0.39 is 11.5 Å². The second-order valence-electron chi connectivity index (χ2n) is 5.00. The molecule has 0 atom stereocenters. The van der Waals surface area contributed by atoms with Gasteiger partial charge in [0.2, 0.25) is 0 Å². The molecule has 0 unspecified atom stereocenters. The van der Waals surface area contributed by atoms with Crippen LogP contribution >= 0.6 is 11.6 Å². The van der Waals surface area contributed by atoms with Crippen molar-refractivity contribution in [1.29, 1.82) is 0 Å². The van der Waals surface area contributed by atoms with Gasteiger partial charge < -0.3 is 15.2 Å². The van der Waals surface area contributed by atoms with Crippen molar-refractivity contribution in [1.82, 2.24) is 5.32 Å². The third kappa shape index (κ3) is 3.04. The molecule has 1 aliphatic carbocycles. The molecule has 0 aromatic heterocycles. The Bertz CT molecular complexity index is 540. The lowest BCUT2D eigenvalue weighted by atomic mass is 9.74.